The molecule has 0 aliphatic heterocycles. The van der Waals surface area contributed by atoms with Crippen LogP contribution in [0.25, 0.3) is 0 Å². The van der Waals surface area contributed by atoms with E-state index in [1.165, 1.54) is 77.8 Å². The molecule has 0 aromatic heterocycles. The van der Waals surface area contributed by atoms with Gasteiger partial charge < -0.3 is 0 Å². The first-order valence-corrected chi connectivity index (χ1v) is 14.1. The van der Waals surface area contributed by atoms with Crippen molar-refractivity contribution in [1.82, 2.24) is 13.7 Å². The number of nitrogens with zero attached hydrogens (tertiary/aromatic N) is 3. The van der Waals surface area contributed by atoms with E-state index in [4.69, 9.17) is 0 Å². The molecule has 0 saturated carbocycles. The van der Waals surface area contributed by atoms with Crippen molar-refractivity contribution in [2.45, 2.75) is 80.1 Å². The molecule has 0 amide bonds. The van der Waals surface area contributed by atoms with Crippen molar-refractivity contribution in [3.8, 4) is 0 Å². The standard InChI is InChI=1S/C18H42BrN3Si/c1-7-13-20(14-8-2)23(19,21(15-9-3)16-10-4)22(17-11-5)18-12-6/h7-18H2,1-6H3. The highest BCUT2D eigenvalue weighted by Crippen LogP contribution is 2.29. The summed E-state index contributed by atoms with van der Waals surface area (Å²) in [6.07, 6.45) is 7.41. The average Bonchev–Trinajstić information content (AvgIpc) is 2.53. The summed E-state index contributed by atoms with van der Waals surface area (Å²) < 4.78 is 8.43. The molecule has 0 radical (unpaired) electrons. The molecule has 0 unspecified atom stereocenters. The monoisotopic (exact) mass is 407 g/mol. The molecule has 0 atom stereocenters. The summed E-state index contributed by atoms with van der Waals surface area (Å²) >= 11 is 4.41. The van der Waals surface area contributed by atoms with Crippen molar-refractivity contribution >= 4 is 22.5 Å². The van der Waals surface area contributed by atoms with Gasteiger partial charge in [0.05, 0.1) is 0 Å². The molecule has 3 nitrogen and oxygen atoms in total. The molecule has 0 heterocycles. The molecule has 140 valence electrons. The van der Waals surface area contributed by atoms with Crippen LogP contribution in [-0.4, -0.2) is 60.1 Å². The lowest BCUT2D eigenvalue weighted by Gasteiger charge is -2.50. The first-order valence-electron chi connectivity index (χ1n) is 10.00. The molecule has 0 aliphatic carbocycles. The number of hydrogen-bond acceptors (Lipinski definition) is 3. The van der Waals surface area contributed by atoms with Gasteiger partial charge in [0.1, 0.15) is 0 Å². The second kappa shape index (κ2) is 13.8. The molecular weight excluding hydrogens is 366 g/mol. The minimum absolute atomic E-state index is 1.21. The van der Waals surface area contributed by atoms with Gasteiger partial charge in [-0.2, -0.15) is 0 Å². The SMILES string of the molecule is CCCN(CCC)[Si](Br)(N(CCC)CCC)N(CCC)CCC. The summed E-state index contributed by atoms with van der Waals surface area (Å²) in [5.41, 5.74) is 0. The van der Waals surface area contributed by atoms with E-state index < -0.39 is 7.18 Å². The Hall–Kier alpha value is 0.577. The molecule has 0 spiro atoms. The first-order chi connectivity index (χ1) is 11.1. The van der Waals surface area contributed by atoms with Crippen molar-refractivity contribution in [2.24, 2.45) is 0 Å². The Labute approximate surface area is 155 Å². The normalized spacial score (nSPS) is 12.8. The molecule has 0 aromatic carbocycles. The van der Waals surface area contributed by atoms with Crippen LogP contribution in [-0.2, 0) is 0 Å². The van der Waals surface area contributed by atoms with E-state index in [-0.39, 0.29) is 0 Å². The van der Waals surface area contributed by atoms with Crippen LogP contribution in [0.1, 0.15) is 80.1 Å². The van der Waals surface area contributed by atoms with Crippen molar-refractivity contribution in [3.63, 3.8) is 0 Å². The number of hydrogen-bond donors (Lipinski definition) is 0. The van der Waals surface area contributed by atoms with Gasteiger partial charge in [-0.1, -0.05) is 56.8 Å². The fourth-order valence-corrected chi connectivity index (χ4v) is 10.8. The lowest BCUT2D eigenvalue weighted by atomic mass is 10.4. The number of rotatable bonds is 15. The van der Waals surface area contributed by atoms with Gasteiger partial charge in [0, 0.05) is 0 Å². The predicted octanol–water partition coefficient (Wildman–Crippen LogP) is 5.18. The van der Waals surface area contributed by atoms with Crippen LogP contribution in [0.2, 0.25) is 0 Å². The molecule has 0 bridgehead atoms. The molecule has 0 fully saturated rings. The van der Waals surface area contributed by atoms with E-state index in [9.17, 15) is 0 Å². The highest BCUT2D eigenvalue weighted by Gasteiger charge is 2.48. The third-order valence-corrected chi connectivity index (χ3v) is 12.4. The third kappa shape index (κ3) is 7.15. The van der Waals surface area contributed by atoms with Gasteiger partial charge in [0.25, 0.3) is 0 Å². The summed E-state index contributed by atoms with van der Waals surface area (Å²) in [6.45, 7) is 21.2. The quantitative estimate of drug-likeness (QED) is 0.273. The second-order valence-electron chi connectivity index (χ2n) is 6.51. The summed E-state index contributed by atoms with van der Waals surface area (Å²) in [6, 6.07) is 0. The van der Waals surface area contributed by atoms with Crippen LogP contribution in [0.15, 0.2) is 0 Å². The van der Waals surface area contributed by atoms with Crippen molar-refractivity contribution < 1.29 is 0 Å². The topological polar surface area (TPSA) is 9.72 Å². The molecule has 0 aliphatic rings. The van der Waals surface area contributed by atoms with Crippen LogP contribution in [0.3, 0.4) is 0 Å². The van der Waals surface area contributed by atoms with Gasteiger partial charge in [-0.05, 0) is 77.8 Å². The maximum Gasteiger partial charge on any atom is 0.364 e. The zero-order chi connectivity index (χ0) is 17.7. The van der Waals surface area contributed by atoms with Gasteiger partial charge in [-0.15, -0.1) is 0 Å². The Morgan fingerprint density at radius 1 is 0.478 bits per heavy atom. The zero-order valence-corrected chi connectivity index (χ0v) is 19.3. The fourth-order valence-electron chi connectivity index (χ4n) is 3.41. The third-order valence-electron chi connectivity index (χ3n) is 4.17. The average molecular weight is 409 g/mol. The molecule has 23 heavy (non-hydrogen) atoms. The van der Waals surface area contributed by atoms with Gasteiger partial charge in [0.2, 0.25) is 0 Å². The van der Waals surface area contributed by atoms with Crippen molar-refractivity contribution in [1.29, 1.82) is 0 Å². The molecular formula is C18H42BrN3Si. The predicted molar refractivity (Wildman–Crippen MR) is 111 cm³/mol. The summed E-state index contributed by atoms with van der Waals surface area (Å²) in [4.78, 5) is 0. The molecule has 0 rings (SSSR count). The van der Waals surface area contributed by atoms with E-state index in [1.54, 1.807) is 0 Å². The maximum atomic E-state index is 4.41. The smallest absolute Gasteiger partial charge is 0.291 e. The second-order valence-corrected chi connectivity index (χ2v) is 12.7. The van der Waals surface area contributed by atoms with E-state index in [0.717, 1.165) is 0 Å². The van der Waals surface area contributed by atoms with Crippen molar-refractivity contribution in [2.75, 3.05) is 39.3 Å². The molecule has 0 aromatic rings. The Morgan fingerprint density at radius 3 is 0.783 bits per heavy atom. The van der Waals surface area contributed by atoms with Crippen LogP contribution >= 0.6 is 15.3 Å². The van der Waals surface area contributed by atoms with E-state index >= 15 is 0 Å². The van der Waals surface area contributed by atoms with E-state index in [2.05, 4.69) is 70.5 Å². The summed E-state index contributed by atoms with van der Waals surface area (Å²) in [5.74, 6) is 0. The Balaban J connectivity index is 5.73. The Bertz CT molecular complexity index is 220. The van der Waals surface area contributed by atoms with Crippen LogP contribution in [0.5, 0.6) is 0 Å². The fraction of sp³-hybridized carbons (Fsp3) is 1.00. The zero-order valence-electron chi connectivity index (χ0n) is 16.7. The molecule has 5 heteroatoms. The van der Waals surface area contributed by atoms with Gasteiger partial charge >= 0.3 is 7.18 Å². The molecule has 0 N–H and O–H groups in total. The number of halogens is 1. The van der Waals surface area contributed by atoms with Crippen LogP contribution < -0.4 is 0 Å². The summed E-state index contributed by atoms with van der Waals surface area (Å²) in [7, 11) is -1.95. The van der Waals surface area contributed by atoms with E-state index in [1.807, 2.05) is 0 Å². The highest BCUT2D eigenvalue weighted by molar-refractivity contribution is 9.25. The van der Waals surface area contributed by atoms with Gasteiger partial charge in [0.15, 0.2) is 0 Å². The van der Waals surface area contributed by atoms with Crippen LogP contribution in [0.4, 0.5) is 0 Å². The maximum absolute atomic E-state index is 4.41. The summed E-state index contributed by atoms with van der Waals surface area (Å²) in [5, 5.41) is 0. The van der Waals surface area contributed by atoms with Gasteiger partial charge in [-0.3, -0.25) is 13.7 Å². The lowest BCUT2D eigenvalue weighted by molar-refractivity contribution is 0.255. The Kier molecular flexibility index (Phi) is 14.2. The van der Waals surface area contributed by atoms with Crippen LogP contribution in [0, 0.1) is 0 Å². The minimum Gasteiger partial charge on any atom is -0.291 e. The largest absolute Gasteiger partial charge is 0.364 e. The van der Waals surface area contributed by atoms with E-state index in [0.29, 0.717) is 0 Å². The van der Waals surface area contributed by atoms with Gasteiger partial charge in [-0.25, -0.2) is 0 Å². The minimum atomic E-state index is -1.95. The first kappa shape index (κ1) is 23.6. The Morgan fingerprint density at radius 2 is 0.652 bits per heavy atom. The lowest BCUT2D eigenvalue weighted by Crippen LogP contribution is -2.72. The highest BCUT2D eigenvalue weighted by atomic mass is 79.9. The molecule has 0 saturated heterocycles. The van der Waals surface area contributed by atoms with Crippen molar-refractivity contribution in [3.05, 3.63) is 0 Å².